The largest absolute Gasteiger partial charge is 0.352 e. The first kappa shape index (κ1) is 16.0. The van der Waals surface area contributed by atoms with Crippen LogP contribution in [0.15, 0.2) is 36.5 Å². The number of rotatable bonds is 5. The van der Waals surface area contributed by atoms with E-state index in [-0.39, 0.29) is 12.1 Å². The van der Waals surface area contributed by atoms with Gasteiger partial charge >= 0.3 is 0 Å². The quantitative estimate of drug-likeness (QED) is 0.852. The number of nitrogens with zero attached hydrogens (tertiary/aromatic N) is 3. The summed E-state index contributed by atoms with van der Waals surface area (Å²) in [5, 5.41) is 4.33. The van der Waals surface area contributed by atoms with Gasteiger partial charge in [-0.1, -0.05) is 19.4 Å². The summed E-state index contributed by atoms with van der Waals surface area (Å²) in [6.07, 6.45) is 4.14. The van der Waals surface area contributed by atoms with Crippen LogP contribution >= 0.6 is 12.2 Å². The van der Waals surface area contributed by atoms with E-state index in [1.807, 2.05) is 18.3 Å². The second-order valence-corrected chi connectivity index (χ2v) is 6.52. The molecule has 2 aromatic heterocycles. The summed E-state index contributed by atoms with van der Waals surface area (Å²) in [7, 11) is 2.12. The molecule has 0 radical (unpaired) electrons. The lowest BCUT2D eigenvalue weighted by Crippen LogP contribution is -2.31. The Bertz CT molecular complexity index is 680. The number of hydrogen-bond acceptors (Lipinski definition) is 2. The molecular formula is C18H24N4S. The number of nitrogens with one attached hydrogen (secondary N) is 1. The summed E-state index contributed by atoms with van der Waals surface area (Å²) in [5.41, 5.74) is 3.58. The Hall–Kier alpha value is -1.88. The van der Waals surface area contributed by atoms with Crippen LogP contribution in [0.2, 0.25) is 0 Å². The number of aryl methyl sites for hydroxylation is 1. The van der Waals surface area contributed by atoms with Crippen molar-refractivity contribution in [3.05, 3.63) is 53.6 Å². The molecule has 0 amide bonds. The van der Waals surface area contributed by atoms with E-state index < -0.39 is 0 Å². The average Bonchev–Trinajstić information content (AvgIpc) is 3.06. The molecule has 0 unspecified atom stereocenters. The van der Waals surface area contributed by atoms with Gasteiger partial charge in [-0.15, -0.1) is 0 Å². The first-order valence-electron chi connectivity index (χ1n) is 8.23. The molecule has 3 rings (SSSR count). The predicted molar refractivity (Wildman–Crippen MR) is 97.2 cm³/mol. The van der Waals surface area contributed by atoms with Crippen molar-refractivity contribution in [1.29, 1.82) is 0 Å². The fraction of sp³-hybridized carbons (Fsp3) is 0.444. The average molecular weight is 328 g/mol. The Morgan fingerprint density at radius 2 is 2.09 bits per heavy atom. The van der Waals surface area contributed by atoms with Crippen molar-refractivity contribution >= 4 is 17.3 Å². The molecule has 1 saturated heterocycles. The van der Waals surface area contributed by atoms with E-state index in [1.165, 1.54) is 11.4 Å². The topological polar surface area (TPSA) is 33.1 Å². The summed E-state index contributed by atoms with van der Waals surface area (Å²) >= 11 is 5.64. The third-order valence-electron chi connectivity index (χ3n) is 4.67. The van der Waals surface area contributed by atoms with Crippen LogP contribution in [-0.4, -0.2) is 26.1 Å². The van der Waals surface area contributed by atoms with Crippen molar-refractivity contribution in [2.24, 2.45) is 7.05 Å². The maximum Gasteiger partial charge on any atom is 0.170 e. The van der Waals surface area contributed by atoms with E-state index in [0.717, 1.165) is 30.2 Å². The summed E-state index contributed by atoms with van der Waals surface area (Å²) in [6, 6.07) is 10.7. The monoisotopic (exact) mass is 328 g/mol. The SMILES string of the molecule is CCCCN1C(=S)N[C@H](c2ccccn2)[C@H]1c1ccc(C)n1C. The Balaban J connectivity index is 2.01. The van der Waals surface area contributed by atoms with E-state index in [2.05, 4.69) is 58.9 Å². The predicted octanol–water partition coefficient (Wildman–Crippen LogP) is 3.50. The molecule has 0 spiro atoms. The molecule has 0 aromatic carbocycles. The van der Waals surface area contributed by atoms with Crippen LogP contribution in [0.25, 0.3) is 0 Å². The second kappa shape index (κ2) is 6.71. The third kappa shape index (κ3) is 2.98. The molecule has 1 aliphatic heterocycles. The van der Waals surface area contributed by atoms with Crippen molar-refractivity contribution in [3.8, 4) is 0 Å². The van der Waals surface area contributed by atoms with Gasteiger partial charge in [-0.25, -0.2) is 0 Å². The van der Waals surface area contributed by atoms with E-state index in [9.17, 15) is 0 Å². The van der Waals surface area contributed by atoms with Crippen molar-refractivity contribution in [2.75, 3.05) is 6.54 Å². The zero-order valence-electron chi connectivity index (χ0n) is 14.0. The molecule has 1 aliphatic rings. The normalized spacial score (nSPS) is 20.8. The molecule has 4 nitrogen and oxygen atoms in total. The number of hydrogen-bond donors (Lipinski definition) is 1. The Kier molecular flexibility index (Phi) is 4.66. The zero-order chi connectivity index (χ0) is 16.4. The third-order valence-corrected chi connectivity index (χ3v) is 5.02. The fourth-order valence-electron chi connectivity index (χ4n) is 3.23. The van der Waals surface area contributed by atoms with Crippen LogP contribution in [0.3, 0.4) is 0 Å². The van der Waals surface area contributed by atoms with Crippen molar-refractivity contribution in [3.63, 3.8) is 0 Å². The minimum atomic E-state index is 0.0913. The van der Waals surface area contributed by atoms with Gasteiger partial charge in [0.25, 0.3) is 0 Å². The second-order valence-electron chi connectivity index (χ2n) is 6.13. The highest BCUT2D eigenvalue weighted by molar-refractivity contribution is 7.80. The van der Waals surface area contributed by atoms with Gasteiger partial charge in [-0.05, 0) is 49.8 Å². The lowest BCUT2D eigenvalue weighted by atomic mass is 10.0. The van der Waals surface area contributed by atoms with Crippen molar-refractivity contribution < 1.29 is 0 Å². The molecule has 1 fully saturated rings. The zero-order valence-corrected chi connectivity index (χ0v) is 14.8. The maximum absolute atomic E-state index is 5.64. The van der Waals surface area contributed by atoms with Crippen molar-refractivity contribution in [1.82, 2.24) is 19.8 Å². The van der Waals surface area contributed by atoms with Gasteiger partial charge in [-0.2, -0.15) is 0 Å². The molecule has 0 saturated carbocycles. The fourth-order valence-corrected chi connectivity index (χ4v) is 3.56. The Labute approximate surface area is 143 Å². The summed E-state index contributed by atoms with van der Waals surface area (Å²) in [4.78, 5) is 6.89. The molecule has 1 N–H and O–H groups in total. The number of aromatic nitrogens is 2. The Morgan fingerprint density at radius 1 is 1.26 bits per heavy atom. The standard InChI is InChI=1S/C18H24N4S/c1-4-5-12-22-17(15-10-9-13(2)21(15)3)16(20-18(22)23)14-8-6-7-11-19-14/h6-11,16-17H,4-5,12H2,1-3H3,(H,20,23)/t16-,17-/m1/s1. The van der Waals surface area contributed by atoms with E-state index in [1.54, 1.807) is 0 Å². The maximum atomic E-state index is 5.64. The number of thiocarbonyl (C=S) groups is 1. The van der Waals surface area contributed by atoms with Gasteiger partial charge in [0.2, 0.25) is 0 Å². The van der Waals surface area contributed by atoms with E-state index in [4.69, 9.17) is 12.2 Å². The first-order chi connectivity index (χ1) is 11.1. The molecule has 5 heteroatoms. The molecule has 3 heterocycles. The molecule has 2 aromatic rings. The molecule has 2 atom stereocenters. The highest BCUT2D eigenvalue weighted by atomic mass is 32.1. The van der Waals surface area contributed by atoms with Crippen LogP contribution in [0.1, 0.15) is 48.9 Å². The number of pyridine rings is 1. The lowest BCUT2D eigenvalue weighted by Gasteiger charge is -2.28. The number of unbranched alkanes of at least 4 members (excludes halogenated alkanes) is 1. The van der Waals surface area contributed by atoms with Gasteiger partial charge < -0.3 is 14.8 Å². The van der Waals surface area contributed by atoms with Gasteiger partial charge in [0.1, 0.15) is 0 Å². The lowest BCUT2D eigenvalue weighted by molar-refractivity contribution is 0.301. The summed E-state index contributed by atoms with van der Waals surface area (Å²) in [6.45, 7) is 5.32. The minimum Gasteiger partial charge on any atom is -0.352 e. The summed E-state index contributed by atoms with van der Waals surface area (Å²) < 4.78 is 2.26. The summed E-state index contributed by atoms with van der Waals surface area (Å²) in [5.74, 6) is 0. The van der Waals surface area contributed by atoms with Crippen molar-refractivity contribution in [2.45, 2.75) is 38.8 Å². The highest BCUT2D eigenvalue weighted by Gasteiger charge is 2.40. The van der Waals surface area contributed by atoms with Crippen LogP contribution in [0.5, 0.6) is 0 Å². The van der Waals surface area contributed by atoms with Crippen LogP contribution in [0, 0.1) is 6.92 Å². The van der Waals surface area contributed by atoms with Gasteiger partial charge in [0.15, 0.2) is 5.11 Å². The highest BCUT2D eigenvalue weighted by Crippen LogP contribution is 2.38. The van der Waals surface area contributed by atoms with Gasteiger partial charge in [0, 0.05) is 31.2 Å². The van der Waals surface area contributed by atoms with Crippen LogP contribution < -0.4 is 5.32 Å². The molecule has 122 valence electrons. The Morgan fingerprint density at radius 3 is 2.70 bits per heavy atom. The van der Waals surface area contributed by atoms with E-state index in [0.29, 0.717) is 0 Å². The smallest absolute Gasteiger partial charge is 0.170 e. The minimum absolute atomic E-state index is 0.0913. The molecular weight excluding hydrogens is 304 g/mol. The van der Waals surface area contributed by atoms with E-state index >= 15 is 0 Å². The van der Waals surface area contributed by atoms with Crippen LogP contribution in [-0.2, 0) is 7.05 Å². The first-order valence-corrected chi connectivity index (χ1v) is 8.64. The molecule has 23 heavy (non-hydrogen) atoms. The molecule has 0 bridgehead atoms. The van der Waals surface area contributed by atoms with Gasteiger partial charge in [-0.3, -0.25) is 4.98 Å². The van der Waals surface area contributed by atoms with Gasteiger partial charge in [0.05, 0.1) is 17.8 Å². The molecule has 0 aliphatic carbocycles. The van der Waals surface area contributed by atoms with Crippen LogP contribution in [0.4, 0.5) is 0 Å².